The highest BCUT2D eigenvalue weighted by molar-refractivity contribution is 8.33. The van der Waals surface area contributed by atoms with E-state index in [-0.39, 0.29) is 0 Å². The monoisotopic (exact) mass is 350 g/mol. The molecule has 0 aliphatic rings. The van der Waals surface area contributed by atoms with Gasteiger partial charge in [0.05, 0.1) is 0 Å². The van der Waals surface area contributed by atoms with Gasteiger partial charge in [-0.15, -0.1) is 6.58 Å². The van der Waals surface area contributed by atoms with Crippen LogP contribution in [0, 0.1) is 0 Å². The van der Waals surface area contributed by atoms with E-state index in [0.29, 0.717) is 0 Å². The standard InChI is InChI=1S/C22H22S2/c1-3-18-24(2,21-12-8-5-9-13-21)22-16-14-20(15-17-22)23-19-10-6-4-7-11-19/h3-17H,1,18H2,2H3. The normalized spacial score (nSPS) is 14.5. The van der Waals surface area contributed by atoms with Crippen LogP contribution in [0.2, 0.25) is 0 Å². The third-order valence-corrected chi connectivity index (χ3v) is 8.58. The Kier molecular flexibility index (Phi) is 5.49. The van der Waals surface area contributed by atoms with Gasteiger partial charge in [0, 0.05) is 15.5 Å². The quantitative estimate of drug-likeness (QED) is 0.437. The Morgan fingerprint density at radius 3 is 1.83 bits per heavy atom. The average Bonchev–Trinajstić information content (AvgIpc) is 2.64. The van der Waals surface area contributed by atoms with E-state index in [2.05, 4.69) is 104 Å². The van der Waals surface area contributed by atoms with Gasteiger partial charge in [0.25, 0.3) is 0 Å². The molecule has 3 rings (SSSR count). The molecule has 0 saturated heterocycles. The molecule has 1 atom stereocenters. The molecule has 122 valence electrons. The Morgan fingerprint density at radius 1 is 0.750 bits per heavy atom. The van der Waals surface area contributed by atoms with Crippen molar-refractivity contribution in [3.8, 4) is 0 Å². The van der Waals surface area contributed by atoms with Crippen LogP contribution in [-0.4, -0.2) is 12.0 Å². The van der Waals surface area contributed by atoms with E-state index < -0.39 is 10.0 Å². The molecule has 0 spiro atoms. The highest BCUT2D eigenvalue weighted by Gasteiger charge is 2.21. The lowest BCUT2D eigenvalue weighted by molar-refractivity contribution is 1.29. The molecule has 0 aliphatic heterocycles. The maximum atomic E-state index is 3.99. The number of benzene rings is 3. The van der Waals surface area contributed by atoms with E-state index in [9.17, 15) is 0 Å². The predicted octanol–water partition coefficient (Wildman–Crippen LogP) is 6.88. The number of hydrogen-bond acceptors (Lipinski definition) is 1. The van der Waals surface area contributed by atoms with Crippen molar-refractivity contribution < 1.29 is 0 Å². The van der Waals surface area contributed by atoms with E-state index in [4.69, 9.17) is 0 Å². The first-order valence-electron chi connectivity index (χ1n) is 7.97. The summed E-state index contributed by atoms with van der Waals surface area (Å²) in [5.41, 5.74) is 0. The molecule has 0 fully saturated rings. The first-order valence-corrected chi connectivity index (χ1v) is 11.0. The summed E-state index contributed by atoms with van der Waals surface area (Å²) < 4.78 is 0. The second-order valence-corrected chi connectivity index (χ2v) is 10.3. The minimum Gasteiger partial charge on any atom is -0.187 e. The zero-order chi connectivity index (χ0) is 16.8. The SMILES string of the molecule is C=CCS(C)(c1ccccc1)c1ccc(Sc2ccccc2)cc1. The van der Waals surface area contributed by atoms with Crippen molar-refractivity contribution in [1.82, 2.24) is 0 Å². The topological polar surface area (TPSA) is 0 Å². The molecule has 0 nitrogen and oxygen atoms in total. The zero-order valence-corrected chi connectivity index (χ0v) is 15.5. The van der Waals surface area contributed by atoms with Crippen LogP contribution in [0.1, 0.15) is 0 Å². The van der Waals surface area contributed by atoms with Gasteiger partial charge >= 0.3 is 0 Å². The van der Waals surface area contributed by atoms with Crippen molar-refractivity contribution in [3.05, 3.63) is 97.6 Å². The van der Waals surface area contributed by atoms with Crippen molar-refractivity contribution in [2.45, 2.75) is 19.6 Å². The van der Waals surface area contributed by atoms with Crippen LogP contribution in [-0.2, 0) is 0 Å². The van der Waals surface area contributed by atoms with Crippen LogP contribution < -0.4 is 0 Å². The Morgan fingerprint density at radius 2 is 1.25 bits per heavy atom. The maximum absolute atomic E-state index is 3.99. The van der Waals surface area contributed by atoms with E-state index >= 15 is 0 Å². The highest BCUT2D eigenvalue weighted by atomic mass is 32.3. The highest BCUT2D eigenvalue weighted by Crippen LogP contribution is 2.59. The van der Waals surface area contributed by atoms with E-state index in [0.717, 1.165) is 5.75 Å². The number of hydrogen-bond donors (Lipinski definition) is 0. The van der Waals surface area contributed by atoms with Crippen LogP contribution in [0.5, 0.6) is 0 Å². The average molecular weight is 351 g/mol. The number of rotatable bonds is 6. The summed E-state index contributed by atoms with van der Waals surface area (Å²) in [6.45, 7) is 3.99. The molecule has 0 N–H and O–H groups in total. The summed E-state index contributed by atoms with van der Waals surface area (Å²) >= 11 is 1.81. The Labute approximate surface area is 150 Å². The second-order valence-electron chi connectivity index (χ2n) is 5.74. The van der Waals surface area contributed by atoms with Crippen molar-refractivity contribution in [1.29, 1.82) is 0 Å². The molecule has 0 aromatic heterocycles. The third-order valence-electron chi connectivity index (χ3n) is 4.04. The van der Waals surface area contributed by atoms with Gasteiger partial charge in [-0.1, -0.05) is 54.2 Å². The van der Waals surface area contributed by atoms with Crippen molar-refractivity contribution >= 4 is 21.8 Å². The summed E-state index contributed by atoms with van der Waals surface area (Å²) in [5, 5.41) is 0. The van der Waals surface area contributed by atoms with Crippen LogP contribution in [0.3, 0.4) is 0 Å². The van der Waals surface area contributed by atoms with Crippen LogP contribution >= 0.6 is 21.8 Å². The molecule has 24 heavy (non-hydrogen) atoms. The summed E-state index contributed by atoms with van der Waals surface area (Å²) in [4.78, 5) is 5.37. The lowest BCUT2D eigenvalue weighted by Gasteiger charge is -2.36. The van der Waals surface area contributed by atoms with Crippen LogP contribution in [0.15, 0.2) is 117 Å². The van der Waals surface area contributed by atoms with E-state index in [1.54, 1.807) is 11.8 Å². The van der Waals surface area contributed by atoms with Gasteiger partial charge in [-0.05, 0) is 64.6 Å². The summed E-state index contributed by atoms with van der Waals surface area (Å²) in [6, 6.07) is 30.4. The van der Waals surface area contributed by atoms with Gasteiger partial charge in [0.1, 0.15) is 0 Å². The van der Waals surface area contributed by atoms with Gasteiger partial charge in [-0.3, -0.25) is 0 Å². The van der Waals surface area contributed by atoms with Crippen LogP contribution in [0.25, 0.3) is 0 Å². The van der Waals surface area contributed by atoms with Gasteiger partial charge in [-0.25, -0.2) is 0 Å². The second kappa shape index (κ2) is 7.78. The third kappa shape index (κ3) is 3.77. The summed E-state index contributed by atoms with van der Waals surface area (Å²) in [6.07, 6.45) is 4.43. The van der Waals surface area contributed by atoms with Crippen molar-refractivity contribution in [3.63, 3.8) is 0 Å². The van der Waals surface area contributed by atoms with Crippen molar-refractivity contribution in [2.75, 3.05) is 12.0 Å². The Hall–Kier alpha value is -1.90. The van der Waals surface area contributed by atoms with E-state index in [1.807, 2.05) is 0 Å². The molecule has 0 aliphatic carbocycles. The summed E-state index contributed by atoms with van der Waals surface area (Å²) in [5.74, 6) is 1.00. The molecule has 0 radical (unpaired) electrons. The molecule has 0 bridgehead atoms. The Bertz CT molecular complexity index is 779. The molecule has 0 saturated carbocycles. The smallest absolute Gasteiger partial charge is 0.0123 e. The molecule has 3 aromatic rings. The Balaban J connectivity index is 1.88. The fourth-order valence-corrected chi connectivity index (χ4v) is 6.18. The molecule has 3 aromatic carbocycles. The largest absolute Gasteiger partial charge is 0.187 e. The maximum Gasteiger partial charge on any atom is 0.0123 e. The van der Waals surface area contributed by atoms with Gasteiger partial charge in [0.2, 0.25) is 0 Å². The molecule has 2 heteroatoms. The molecular formula is C22H22S2. The molecular weight excluding hydrogens is 328 g/mol. The lowest BCUT2D eigenvalue weighted by Crippen LogP contribution is -2.03. The fraction of sp³-hybridized carbons (Fsp3) is 0.0909. The predicted molar refractivity (Wildman–Crippen MR) is 109 cm³/mol. The molecule has 0 heterocycles. The van der Waals surface area contributed by atoms with Gasteiger partial charge in [0.15, 0.2) is 0 Å². The minimum atomic E-state index is -1.06. The molecule has 0 amide bonds. The first kappa shape index (κ1) is 16.9. The summed E-state index contributed by atoms with van der Waals surface area (Å²) in [7, 11) is -1.06. The van der Waals surface area contributed by atoms with E-state index in [1.165, 1.54) is 19.6 Å². The van der Waals surface area contributed by atoms with Gasteiger partial charge in [-0.2, -0.15) is 10.0 Å². The zero-order valence-electron chi connectivity index (χ0n) is 13.9. The van der Waals surface area contributed by atoms with Crippen LogP contribution in [0.4, 0.5) is 0 Å². The molecule has 1 unspecified atom stereocenters. The fourth-order valence-electron chi connectivity index (χ4n) is 2.72. The first-order chi connectivity index (χ1) is 11.7. The lowest BCUT2D eigenvalue weighted by atomic mass is 10.4. The minimum absolute atomic E-state index is 1.00. The van der Waals surface area contributed by atoms with Gasteiger partial charge < -0.3 is 0 Å². The van der Waals surface area contributed by atoms with Crippen molar-refractivity contribution in [2.24, 2.45) is 0 Å².